The molecule has 1 aromatic carbocycles. The van der Waals surface area contributed by atoms with Crippen LogP contribution in [0.25, 0.3) is 16.9 Å². The number of nitriles is 1. The van der Waals surface area contributed by atoms with Crippen LogP contribution in [0, 0.1) is 24.1 Å². The summed E-state index contributed by atoms with van der Waals surface area (Å²) < 4.78 is 15.6. The standard InChI is InChI=1S/C25H25FN6O2/c1-16-20(7-3-17(13-27)23(16)26)21-15-29-32(25(21)34)22-8-4-18(14-28-22)24(33)31-10-2-9-30(11-12-31)19-5-6-19/h3-4,7-8,14-15,19,29H,2,5-6,9-12H2,1H3. The lowest BCUT2D eigenvalue weighted by Gasteiger charge is -2.21. The number of aromatic amines is 1. The van der Waals surface area contributed by atoms with Gasteiger partial charge in [0.25, 0.3) is 11.5 Å². The van der Waals surface area contributed by atoms with Crippen molar-refractivity contribution in [2.24, 2.45) is 0 Å². The number of carbonyl (C=O) groups is 1. The van der Waals surface area contributed by atoms with Crippen LogP contribution in [0.3, 0.4) is 0 Å². The highest BCUT2D eigenvalue weighted by molar-refractivity contribution is 5.94. The van der Waals surface area contributed by atoms with E-state index in [0.29, 0.717) is 29.5 Å². The van der Waals surface area contributed by atoms with Gasteiger partial charge in [-0.15, -0.1) is 0 Å². The van der Waals surface area contributed by atoms with Gasteiger partial charge in [0.15, 0.2) is 5.82 Å². The van der Waals surface area contributed by atoms with E-state index < -0.39 is 11.4 Å². The van der Waals surface area contributed by atoms with Crippen LogP contribution in [-0.4, -0.2) is 62.7 Å². The van der Waals surface area contributed by atoms with Crippen molar-refractivity contribution in [2.75, 3.05) is 26.2 Å². The topological polar surface area (TPSA) is 98.0 Å². The maximum atomic E-state index is 14.4. The van der Waals surface area contributed by atoms with Crippen LogP contribution in [0.1, 0.15) is 40.7 Å². The number of rotatable bonds is 4. The molecule has 0 unspecified atom stereocenters. The summed E-state index contributed by atoms with van der Waals surface area (Å²) in [4.78, 5) is 34.7. The Morgan fingerprint density at radius 3 is 2.68 bits per heavy atom. The average molecular weight is 461 g/mol. The van der Waals surface area contributed by atoms with E-state index >= 15 is 0 Å². The molecular formula is C25H25FN6O2. The molecule has 2 aliphatic rings. The maximum absolute atomic E-state index is 14.4. The smallest absolute Gasteiger partial charge is 0.280 e. The number of benzene rings is 1. The van der Waals surface area contributed by atoms with E-state index in [-0.39, 0.29) is 22.6 Å². The number of carbonyl (C=O) groups excluding carboxylic acids is 1. The lowest BCUT2D eigenvalue weighted by atomic mass is 10.0. The molecule has 5 rings (SSSR count). The van der Waals surface area contributed by atoms with Crippen molar-refractivity contribution in [2.45, 2.75) is 32.2 Å². The average Bonchev–Trinajstić information content (AvgIpc) is 3.66. The van der Waals surface area contributed by atoms with Crippen LogP contribution in [0.2, 0.25) is 0 Å². The van der Waals surface area contributed by atoms with E-state index in [4.69, 9.17) is 5.26 Å². The third kappa shape index (κ3) is 4.01. The SMILES string of the molecule is Cc1c(-c2c[nH]n(-c3ccc(C(=O)N4CCCN(C5CC5)CC4)cn3)c2=O)ccc(C#N)c1F. The molecule has 3 heterocycles. The number of hydrogen-bond acceptors (Lipinski definition) is 5. The molecule has 1 saturated carbocycles. The first-order chi connectivity index (χ1) is 16.5. The minimum absolute atomic E-state index is 0.0556. The molecule has 3 aromatic rings. The van der Waals surface area contributed by atoms with Gasteiger partial charge >= 0.3 is 0 Å². The monoisotopic (exact) mass is 460 g/mol. The van der Waals surface area contributed by atoms with Gasteiger partial charge < -0.3 is 4.90 Å². The molecule has 174 valence electrons. The second-order valence-electron chi connectivity index (χ2n) is 8.86. The Balaban J connectivity index is 1.35. The summed E-state index contributed by atoms with van der Waals surface area (Å²) in [6.07, 6.45) is 6.46. The summed E-state index contributed by atoms with van der Waals surface area (Å²) in [7, 11) is 0. The predicted octanol–water partition coefficient (Wildman–Crippen LogP) is 2.86. The van der Waals surface area contributed by atoms with Crippen molar-refractivity contribution >= 4 is 5.91 Å². The van der Waals surface area contributed by atoms with Gasteiger partial charge in [-0.2, -0.15) is 5.26 Å². The number of amides is 1. The number of pyridine rings is 1. The third-order valence-electron chi connectivity index (χ3n) is 6.67. The fourth-order valence-corrected chi connectivity index (χ4v) is 4.57. The van der Waals surface area contributed by atoms with Gasteiger partial charge in [-0.05, 0) is 55.5 Å². The van der Waals surface area contributed by atoms with E-state index in [0.717, 1.165) is 26.1 Å². The van der Waals surface area contributed by atoms with Crippen LogP contribution >= 0.6 is 0 Å². The molecule has 1 aliphatic heterocycles. The zero-order valence-corrected chi connectivity index (χ0v) is 18.9. The maximum Gasteiger partial charge on any atom is 0.280 e. The van der Waals surface area contributed by atoms with Gasteiger partial charge in [-0.1, -0.05) is 6.07 Å². The van der Waals surface area contributed by atoms with Crippen molar-refractivity contribution in [3.8, 4) is 23.0 Å². The highest BCUT2D eigenvalue weighted by Crippen LogP contribution is 2.28. The van der Waals surface area contributed by atoms with Crippen molar-refractivity contribution < 1.29 is 9.18 Å². The Hall–Kier alpha value is -3.77. The molecule has 0 spiro atoms. The van der Waals surface area contributed by atoms with Crippen LogP contribution in [0.4, 0.5) is 4.39 Å². The zero-order chi connectivity index (χ0) is 23.8. The van der Waals surface area contributed by atoms with E-state index in [2.05, 4.69) is 15.0 Å². The molecule has 2 fully saturated rings. The number of halogens is 1. The van der Waals surface area contributed by atoms with Crippen LogP contribution in [0.5, 0.6) is 0 Å². The molecule has 9 heteroatoms. The van der Waals surface area contributed by atoms with Crippen molar-refractivity contribution in [1.29, 1.82) is 5.26 Å². The third-order valence-corrected chi connectivity index (χ3v) is 6.67. The molecule has 34 heavy (non-hydrogen) atoms. The minimum Gasteiger partial charge on any atom is -0.337 e. The second kappa shape index (κ2) is 8.88. The molecule has 0 atom stereocenters. The van der Waals surface area contributed by atoms with Crippen LogP contribution in [-0.2, 0) is 0 Å². The molecule has 1 saturated heterocycles. The first kappa shape index (κ1) is 22.0. The lowest BCUT2D eigenvalue weighted by molar-refractivity contribution is 0.0760. The fraction of sp³-hybridized carbons (Fsp3) is 0.360. The second-order valence-corrected chi connectivity index (χ2v) is 8.86. The van der Waals surface area contributed by atoms with E-state index in [9.17, 15) is 14.0 Å². The van der Waals surface area contributed by atoms with Gasteiger partial charge in [0.05, 0.1) is 16.7 Å². The predicted molar refractivity (Wildman–Crippen MR) is 124 cm³/mol. The van der Waals surface area contributed by atoms with Crippen molar-refractivity contribution in [3.05, 3.63) is 69.5 Å². The fourth-order valence-electron chi connectivity index (χ4n) is 4.57. The normalized spacial score (nSPS) is 16.8. The number of nitrogens with zero attached hydrogens (tertiary/aromatic N) is 5. The van der Waals surface area contributed by atoms with E-state index in [1.165, 1.54) is 42.9 Å². The van der Waals surface area contributed by atoms with Crippen molar-refractivity contribution in [1.82, 2.24) is 24.6 Å². The Labute approximate surface area is 196 Å². The Kier molecular flexibility index (Phi) is 5.75. The zero-order valence-electron chi connectivity index (χ0n) is 18.9. The summed E-state index contributed by atoms with van der Waals surface area (Å²) in [5, 5.41) is 11.9. The highest BCUT2D eigenvalue weighted by atomic mass is 19.1. The number of hydrogen-bond donors (Lipinski definition) is 1. The molecule has 1 N–H and O–H groups in total. The largest absolute Gasteiger partial charge is 0.337 e. The van der Waals surface area contributed by atoms with Gasteiger partial charge in [-0.3, -0.25) is 19.6 Å². The first-order valence-electron chi connectivity index (χ1n) is 11.5. The van der Waals surface area contributed by atoms with Gasteiger partial charge in [0, 0.05) is 44.6 Å². The van der Waals surface area contributed by atoms with E-state index in [1.807, 2.05) is 4.90 Å². The number of aromatic nitrogens is 3. The minimum atomic E-state index is -0.637. The molecule has 0 bridgehead atoms. The molecule has 2 aromatic heterocycles. The summed E-state index contributed by atoms with van der Waals surface area (Å²) in [5.74, 6) is -0.364. The Morgan fingerprint density at radius 1 is 1.15 bits per heavy atom. The first-order valence-corrected chi connectivity index (χ1v) is 11.5. The molecule has 1 aliphatic carbocycles. The van der Waals surface area contributed by atoms with Crippen molar-refractivity contribution in [3.63, 3.8) is 0 Å². The molecular weight excluding hydrogens is 435 g/mol. The highest BCUT2D eigenvalue weighted by Gasteiger charge is 2.31. The molecule has 8 nitrogen and oxygen atoms in total. The molecule has 0 radical (unpaired) electrons. The van der Waals surface area contributed by atoms with Crippen LogP contribution < -0.4 is 5.56 Å². The quantitative estimate of drug-likeness (QED) is 0.646. The van der Waals surface area contributed by atoms with E-state index in [1.54, 1.807) is 24.3 Å². The summed E-state index contributed by atoms with van der Waals surface area (Å²) in [5.41, 5.74) is 0.926. The Bertz CT molecular complexity index is 1330. The van der Waals surface area contributed by atoms with Gasteiger partial charge in [-0.25, -0.2) is 14.1 Å². The lowest BCUT2D eigenvalue weighted by Crippen LogP contribution is -2.35. The number of nitrogens with one attached hydrogen (secondary N) is 1. The number of H-pyrrole nitrogens is 1. The Morgan fingerprint density at radius 2 is 1.97 bits per heavy atom. The summed E-state index contributed by atoms with van der Waals surface area (Å²) in [6, 6.07) is 8.72. The van der Waals surface area contributed by atoms with Gasteiger partial charge in [0.2, 0.25) is 0 Å². The van der Waals surface area contributed by atoms with Gasteiger partial charge in [0.1, 0.15) is 11.9 Å². The van der Waals surface area contributed by atoms with Crippen LogP contribution in [0.15, 0.2) is 41.5 Å². The summed E-state index contributed by atoms with van der Waals surface area (Å²) in [6.45, 7) is 4.90. The molecule has 1 amide bonds. The summed E-state index contributed by atoms with van der Waals surface area (Å²) >= 11 is 0.